The first-order valence-corrected chi connectivity index (χ1v) is 6.38. The van der Waals surface area contributed by atoms with Crippen LogP contribution in [0.15, 0.2) is 42.6 Å². The van der Waals surface area contributed by atoms with Crippen LogP contribution in [0, 0.1) is 0 Å². The van der Waals surface area contributed by atoms with E-state index in [1.54, 1.807) is 0 Å². The smallest absolute Gasteiger partial charge is 0.129 e. The lowest BCUT2D eigenvalue weighted by molar-refractivity contribution is 0.795. The summed E-state index contributed by atoms with van der Waals surface area (Å²) in [5.41, 5.74) is 3.70. The fraction of sp³-hybridized carbons (Fsp3) is 0.267. The Hall–Kier alpha value is -1.34. The Kier molecular flexibility index (Phi) is 4.16. The number of aromatic nitrogens is 1. The first-order valence-electron chi connectivity index (χ1n) is 6.00. The van der Waals surface area contributed by atoms with Gasteiger partial charge < -0.3 is 0 Å². The van der Waals surface area contributed by atoms with E-state index in [0.717, 1.165) is 12.0 Å². The first kappa shape index (κ1) is 12.1. The Morgan fingerprint density at radius 3 is 2.29 bits per heavy atom. The minimum Gasteiger partial charge on any atom is -0.244 e. The molecule has 0 aliphatic carbocycles. The summed E-state index contributed by atoms with van der Waals surface area (Å²) in [7, 11) is 0. The Balaban J connectivity index is 2.14. The summed E-state index contributed by atoms with van der Waals surface area (Å²) in [5.74, 6) is 0. The number of aryl methyl sites for hydroxylation is 1. The van der Waals surface area contributed by atoms with Gasteiger partial charge in [-0.05, 0) is 36.1 Å². The molecule has 0 N–H and O–H groups in total. The Labute approximate surface area is 107 Å². The van der Waals surface area contributed by atoms with Gasteiger partial charge in [0.15, 0.2) is 0 Å². The number of unbranched alkanes of at least 4 members (excludes halogenated alkanes) is 1. The van der Waals surface area contributed by atoms with Gasteiger partial charge in [-0.15, -0.1) is 0 Å². The maximum Gasteiger partial charge on any atom is 0.129 e. The predicted octanol–water partition coefficient (Wildman–Crippen LogP) is 4.74. The van der Waals surface area contributed by atoms with Crippen LogP contribution in [0.25, 0.3) is 11.1 Å². The molecule has 0 aliphatic rings. The van der Waals surface area contributed by atoms with Crippen LogP contribution < -0.4 is 0 Å². The fourth-order valence-corrected chi connectivity index (χ4v) is 1.90. The summed E-state index contributed by atoms with van der Waals surface area (Å²) in [6, 6.07) is 12.5. The molecule has 0 spiro atoms. The van der Waals surface area contributed by atoms with Crippen LogP contribution in [0.2, 0.25) is 5.15 Å². The molecule has 2 heteroatoms. The molecule has 0 aliphatic heterocycles. The van der Waals surface area contributed by atoms with E-state index in [1.165, 1.54) is 24.0 Å². The molecule has 0 saturated heterocycles. The van der Waals surface area contributed by atoms with Crippen LogP contribution in [0.3, 0.4) is 0 Å². The first-order chi connectivity index (χ1) is 8.29. The van der Waals surface area contributed by atoms with Gasteiger partial charge in [0.05, 0.1) is 0 Å². The van der Waals surface area contributed by atoms with Crippen molar-refractivity contribution in [1.82, 2.24) is 4.98 Å². The van der Waals surface area contributed by atoms with Crippen molar-refractivity contribution in [1.29, 1.82) is 0 Å². The lowest BCUT2D eigenvalue weighted by Gasteiger charge is -2.04. The largest absolute Gasteiger partial charge is 0.244 e. The van der Waals surface area contributed by atoms with Gasteiger partial charge in [-0.3, -0.25) is 0 Å². The Bertz CT molecular complexity index is 459. The second-order valence-corrected chi connectivity index (χ2v) is 4.56. The number of rotatable bonds is 4. The number of hydrogen-bond acceptors (Lipinski definition) is 1. The number of nitrogens with zero attached hydrogens (tertiary/aromatic N) is 1. The van der Waals surface area contributed by atoms with Gasteiger partial charge >= 0.3 is 0 Å². The zero-order valence-corrected chi connectivity index (χ0v) is 10.7. The van der Waals surface area contributed by atoms with E-state index in [9.17, 15) is 0 Å². The summed E-state index contributed by atoms with van der Waals surface area (Å²) in [6.07, 6.45) is 5.46. The Morgan fingerprint density at radius 1 is 1.00 bits per heavy atom. The van der Waals surface area contributed by atoms with Crippen molar-refractivity contribution in [3.63, 3.8) is 0 Å². The molecule has 0 saturated carbocycles. The maximum atomic E-state index is 5.77. The third-order valence-corrected chi connectivity index (χ3v) is 3.06. The molecule has 88 valence electrons. The van der Waals surface area contributed by atoms with Crippen molar-refractivity contribution < 1.29 is 0 Å². The van der Waals surface area contributed by atoms with Gasteiger partial charge in [0.2, 0.25) is 0 Å². The van der Waals surface area contributed by atoms with Crippen LogP contribution in [0.5, 0.6) is 0 Å². The maximum absolute atomic E-state index is 5.77. The molecule has 1 nitrogen and oxygen atoms in total. The SMILES string of the molecule is CCCCc1ccc(-c2ccc(Cl)nc2)cc1. The third kappa shape index (κ3) is 3.31. The number of hydrogen-bond donors (Lipinski definition) is 0. The highest BCUT2D eigenvalue weighted by Crippen LogP contribution is 2.20. The summed E-state index contributed by atoms with van der Waals surface area (Å²) in [4.78, 5) is 4.09. The zero-order chi connectivity index (χ0) is 12.1. The lowest BCUT2D eigenvalue weighted by atomic mass is 10.0. The van der Waals surface area contributed by atoms with Crippen molar-refractivity contribution in [2.45, 2.75) is 26.2 Å². The molecule has 1 heterocycles. The predicted molar refractivity (Wildman–Crippen MR) is 73.3 cm³/mol. The van der Waals surface area contributed by atoms with E-state index in [1.807, 2.05) is 18.3 Å². The van der Waals surface area contributed by atoms with Crippen molar-refractivity contribution in [3.05, 3.63) is 53.3 Å². The molecular weight excluding hydrogens is 230 g/mol. The Morgan fingerprint density at radius 2 is 1.71 bits per heavy atom. The van der Waals surface area contributed by atoms with Crippen molar-refractivity contribution in [3.8, 4) is 11.1 Å². The summed E-state index contributed by atoms with van der Waals surface area (Å²) in [5, 5.41) is 0.535. The summed E-state index contributed by atoms with van der Waals surface area (Å²) >= 11 is 5.77. The van der Waals surface area contributed by atoms with Crippen molar-refractivity contribution >= 4 is 11.6 Å². The fourth-order valence-electron chi connectivity index (χ4n) is 1.79. The van der Waals surface area contributed by atoms with Gasteiger partial charge in [-0.2, -0.15) is 0 Å². The van der Waals surface area contributed by atoms with Gasteiger partial charge in [0.1, 0.15) is 5.15 Å². The molecule has 0 unspecified atom stereocenters. The van der Waals surface area contributed by atoms with Gasteiger partial charge in [0, 0.05) is 11.8 Å². The topological polar surface area (TPSA) is 12.9 Å². The molecule has 1 aromatic heterocycles. The van der Waals surface area contributed by atoms with Gasteiger partial charge in [-0.25, -0.2) is 4.98 Å². The van der Waals surface area contributed by atoms with Crippen LogP contribution in [-0.4, -0.2) is 4.98 Å². The van der Waals surface area contributed by atoms with E-state index in [-0.39, 0.29) is 0 Å². The number of benzene rings is 1. The minimum atomic E-state index is 0.535. The minimum absolute atomic E-state index is 0.535. The normalized spacial score (nSPS) is 10.5. The van der Waals surface area contributed by atoms with Crippen LogP contribution >= 0.6 is 11.6 Å². The molecule has 0 fully saturated rings. The second kappa shape index (κ2) is 5.83. The van der Waals surface area contributed by atoms with Gasteiger partial charge in [0.25, 0.3) is 0 Å². The van der Waals surface area contributed by atoms with Crippen LogP contribution in [0.1, 0.15) is 25.3 Å². The molecule has 0 bridgehead atoms. The van der Waals surface area contributed by atoms with Crippen LogP contribution in [-0.2, 0) is 6.42 Å². The monoisotopic (exact) mass is 245 g/mol. The highest BCUT2D eigenvalue weighted by molar-refractivity contribution is 6.29. The number of pyridine rings is 1. The molecule has 17 heavy (non-hydrogen) atoms. The molecule has 0 radical (unpaired) electrons. The van der Waals surface area contributed by atoms with E-state index >= 15 is 0 Å². The highest BCUT2D eigenvalue weighted by atomic mass is 35.5. The second-order valence-electron chi connectivity index (χ2n) is 4.17. The van der Waals surface area contributed by atoms with Crippen molar-refractivity contribution in [2.24, 2.45) is 0 Å². The molecule has 2 rings (SSSR count). The molecule has 1 aromatic carbocycles. The zero-order valence-electron chi connectivity index (χ0n) is 9.99. The summed E-state index contributed by atoms with van der Waals surface area (Å²) in [6.45, 7) is 2.22. The molecule has 0 atom stereocenters. The van der Waals surface area contributed by atoms with E-state index in [4.69, 9.17) is 11.6 Å². The average molecular weight is 246 g/mol. The van der Waals surface area contributed by atoms with E-state index in [2.05, 4.69) is 36.2 Å². The van der Waals surface area contributed by atoms with Crippen LogP contribution in [0.4, 0.5) is 0 Å². The molecule has 2 aromatic rings. The van der Waals surface area contributed by atoms with E-state index < -0.39 is 0 Å². The average Bonchev–Trinajstić information content (AvgIpc) is 2.38. The lowest BCUT2D eigenvalue weighted by Crippen LogP contribution is -1.85. The van der Waals surface area contributed by atoms with E-state index in [0.29, 0.717) is 5.15 Å². The molecular formula is C15H16ClN. The third-order valence-electron chi connectivity index (χ3n) is 2.83. The van der Waals surface area contributed by atoms with Gasteiger partial charge in [-0.1, -0.05) is 49.2 Å². The van der Waals surface area contributed by atoms with Crippen molar-refractivity contribution in [2.75, 3.05) is 0 Å². The standard InChI is InChI=1S/C15H16ClN/c1-2-3-4-12-5-7-13(8-6-12)14-9-10-15(16)17-11-14/h5-11H,2-4H2,1H3. The molecule has 0 amide bonds. The quantitative estimate of drug-likeness (QED) is 0.709. The summed E-state index contributed by atoms with van der Waals surface area (Å²) < 4.78 is 0. The highest BCUT2D eigenvalue weighted by Gasteiger charge is 1.99. The number of halogens is 1.